The third kappa shape index (κ3) is 6.96. The van der Waals surface area contributed by atoms with Crippen LogP contribution < -0.4 is 10.2 Å². The summed E-state index contributed by atoms with van der Waals surface area (Å²) in [5, 5.41) is 9.82. The van der Waals surface area contributed by atoms with Crippen LogP contribution in [-0.4, -0.2) is 65.8 Å². The summed E-state index contributed by atoms with van der Waals surface area (Å²) in [5.41, 5.74) is 1.48. The number of nitrogens with zero attached hydrogens (tertiary/aromatic N) is 2. The average molecular weight is 474 g/mol. The molecule has 1 fully saturated rings. The molecule has 2 aromatic carbocycles. The maximum absolute atomic E-state index is 9.88. The molecule has 5 nitrogen and oxygen atoms in total. The minimum Gasteiger partial charge on any atom is -0.457 e. The summed E-state index contributed by atoms with van der Waals surface area (Å²) >= 11 is 1.80. The zero-order valence-corrected chi connectivity index (χ0v) is 21.9. The van der Waals surface area contributed by atoms with Gasteiger partial charge in [-0.3, -0.25) is 0 Å². The molecule has 0 spiro atoms. The Morgan fingerprint density at radius 3 is 2.22 bits per heavy atom. The van der Waals surface area contributed by atoms with Crippen molar-refractivity contribution < 1.29 is 14.5 Å². The zero-order chi connectivity index (χ0) is 23.4. The van der Waals surface area contributed by atoms with E-state index in [1.165, 1.54) is 4.90 Å². The second-order valence-corrected chi connectivity index (χ2v) is 12.1. The molecule has 1 aliphatic heterocycles. The quantitative estimate of drug-likeness (QED) is 0.340. The summed E-state index contributed by atoms with van der Waals surface area (Å²) in [5.74, 6) is 1.49. The maximum Gasteiger partial charge on any atom is 0.309 e. The van der Waals surface area contributed by atoms with Crippen LogP contribution in [-0.2, 0) is 11.3 Å². The second kappa shape index (κ2) is 10.9. The summed E-state index contributed by atoms with van der Waals surface area (Å²) < 4.78 is 14.6. The molecule has 1 unspecified atom stereocenters. The lowest BCUT2D eigenvalue weighted by Gasteiger charge is -2.39. The third-order valence-corrected chi connectivity index (χ3v) is 8.05. The van der Waals surface area contributed by atoms with E-state index >= 15 is 0 Å². The molecule has 1 N–H and O–H groups in total. The normalized spacial score (nSPS) is 16.2. The topological polar surface area (TPSA) is 45.2 Å². The molecule has 1 saturated heterocycles. The monoisotopic (exact) mass is 474 g/mol. The molecule has 3 rings (SSSR count). The van der Waals surface area contributed by atoms with E-state index in [1.807, 2.05) is 30.3 Å². The lowest BCUT2D eigenvalue weighted by Crippen LogP contribution is -2.45. The van der Waals surface area contributed by atoms with Gasteiger partial charge in [0.2, 0.25) is 0 Å². The molecule has 1 aliphatic rings. The van der Waals surface area contributed by atoms with Crippen LogP contribution in [0.5, 0.6) is 11.5 Å². The van der Waals surface area contributed by atoms with Crippen LogP contribution in [0.4, 0.5) is 0 Å². The molecule has 174 valence electrons. The van der Waals surface area contributed by atoms with Crippen molar-refractivity contribution >= 4 is 34.1 Å². The molecule has 1 atom stereocenters. The van der Waals surface area contributed by atoms with Crippen molar-refractivity contribution in [2.45, 2.75) is 50.0 Å². The number of hydrogen-bond donors (Lipinski definition) is 1. The molecule has 0 aliphatic carbocycles. The molecule has 32 heavy (non-hydrogen) atoms. The number of benzene rings is 2. The van der Waals surface area contributed by atoms with Crippen LogP contribution >= 0.6 is 21.2 Å². The van der Waals surface area contributed by atoms with Gasteiger partial charge in [0, 0.05) is 36.2 Å². The molecule has 0 saturated carbocycles. The Bertz CT molecular complexity index is 882. The van der Waals surface area contributed by atoms with E-state index in [2.05, 4.69) is 65.3 Å². The summed E-state index contributed by atoms with van der Waals surface area (Å²) in [6.45, 7) is 12.7. The number of ether oxygens (including phenoxy) is 1. The Kier molecular flexibility index (Phi) is 8.70. The summed E-state index contributed by atoms with van der Waals surface area (Å²) in [6, 6.07) is 14.0. The number of piperazine rings is 1. The Morgan fingerprint density at radius 1 is 1.00 bits per heavy atom. The van der Waals surface area contributed by atoms with Gasteiger partial charge in [-0.25, -0.2) is 4.31 Å². The highest BCUT2D eigenvalue weighted by molar-refractivity contribution is 7.97. The molecule has 8 heteroatoms. The maximum atomic E-state index is 9.88. The first-order chi connectivity index (χ1) is 15.1. The van der Waals surface area contributed by atoms with Crippen molar-refractivity contribution in [1.82, 2.24) is 9.21 Å². The van der Waals surface area contributed by atoms with E-state index in [-0.39, 0.29) is 17.4 Å². The number of hydrogen-bond acceptors (Lipinski definition) is 6. The molecule has 0 amide bonds. The van der Waals surface area contributed by atoms with Gasteiger partial charge in [0.15, 0.2) is 0 Å². The van der Waals surface area contributed by atoms with Crippen molar-refractivity contribution in [3.05, 3.63) is 48.0 Å². The summed E-state index contributed by atoms with van der Waals surface area (Å²) in [6.07, 6.45) is 0. The van der Waals surface area contributed by atoms with Gasteiger partial charge in [-0.1, -0.05) is 19.9 Å². The molecule has 0 aromatic heterocycles. The highest BCUT2D eigenvalue weighted by Gasteiger charge is 2.33. The highest BCUT2D eigenvalue weighted by Crippen LogP contribution is 2.33. The number of rotatable bonds is 9. The van der Waals surface area contributed by atoms with E-state index in [0.717, 1.165) is 43.0 Å². The SMILES string of the molecule is CN1CCN(Sc2ccc(Oc3ccc(BOC(C)(C)C(C)(C)P)c(CO)c3)cc2)CC1. The average Bonchev–Trinajstić information content (AvgIpc) is 2.75. The van der Waals surface area contributed by atoms with Crippen LogP contribution in [0.3, 0.4) is 0 Å². The van der Waals surface area contributed by atoms with Gasteiger partial charge in [-0.2, -0.15) is 0 Å². The Hall–Kier alpha value is -1.08. The fourth-order valence-corrected chi connectivity index (χ4v) is 4.12. The summed E-state index contributed by atoms with van der Waals surface area (Å²) in [7, 11) is 5.46. The first kappa shape index (κ1) is 25.5. The predicted molar refractivity (Wildman–Crippen MR) is 140 cm³/mol. The van der Waals surface area contributed by atoms with Crippen LogP contribution in [0.2, 0.25) is 0 Å². The van der Waals surface area contributed by atoms with Gasteiger partial charge in [0.1, 0.15) is 11.5 Å². The van der Waals surface area contributed by atoms with Gasteiger partial charge in [-0.15, -0.1) is 9.24 Å². The van der Waals surface area contributed by atoms with Gasteiger partial charge < -0.3 is 19.4 Å². The first-order valence-corrected chi connectivity index (χ1v) is 12.5. The van der Waals surface area contributed by atoms with Crippen molar-refractivity contribution in [3.8, 4) is 11.5 Å². The molecule has 0 radical (unpaired) electrons. The smallest absolute Gasteiger partial charge is 0.309 e. The molecule has 0 bridgehead atoms. The van der Waals surface area contributed by atoms with E-state index in [9.17, 15) is 5.11 Å². The second-order valence-electron chi connectivity index (χ2n) is 9.51. The van der Waals surface area contributed by atoms with Crippen LogP contribution in [0, 0.1) is 0 Å². The van der Waals surface area contributed by atoms with E-state index in [4.69, 9.17) is 9.39 Å². The van der Waals surface area contributed by atoms with Gasteiger partial charge in [0.25, 0.3) is 0 Å². The number of aliphatic hydroxyl groups is 1. The van der Waals surface area contributed by atoms with Gasteiger partial charge >= 0.3 is 7.48 Å². The lowest BCUT2D eigenvalue weighted by molar-refractivity contribution is 0.0840. The molecule has 1 heterocycles. The lowest BCUT2D eigenvalue weighted by atomic mass is 9.81. The minimum atomic E-state index is -0.316. The van der Waals surface area contributed by atoms with Crippen molar-refractivity contribution in [3.63, 3.8) is 0 Å². The fourth-order valence-electron chi connectivity index (χ4n) is 3.13. The third-order valence-electron chi connectivity index (χ3n) is 6.24. The van der Waals surface area contributed by atoms with Crippen molar-refractivity contribution in [1.29, 1.82) is 0 Å². The molecule has 2 aromatic rings. The highest BCUT2D eigenvalue weighted by atomic mass is 32.2. The zero-order valence-electron chi connectivity index (χ0n) is 19.9. The molecular formula is C24H36BN2O3PS. The predicted octanol–water partition coefficient (Wildman–Crippen LogP) is 3.65. The van der Waals surface area contributed by atoms with Gasteiger partial charge in [0.05, 0.1) is 12.2 Å². The van der Waals surface area contributed by atoms with Crippen molar-refractivity contribution in [2.75, 3.05) is 33.2 Å². The largest absolute Gasteiger partial charge is 0.457 e. The Labute approximate surface area is 200 Å². The first-order valence-electron chi connectivity index (χ1n) is 11.1. The standard InChI is InChI=1S/C24H36BN2O3PS/c1-23(2,24(3,4)31)30-25-22-11-8-20(16-18(22)17-28)29-19-6-9-21(10-7-19)32-27-14-12-26(5)13-15-27/h6-11,16,25,28H,12-15,17,31H2,1-5H3. The Morgan fingerprint density at radius 2 is 1.62 bits per heavy atom. The van der Waals surface area contributed by atoms with E-state index < -0.39 is 0 Å². The van der Waals surface area contributed by atoms with Crippen LogP contribution in [0.15, 0.2) is 47.4 Å². The van der Waals surface area contributed by atoms with Crippen LogP contribution in [0.25, 0.3) is 0 Å². The number of likely N-dealkylation sites (N-methyl/N-ethyl adjacent to an activating group) is 1. The van der Waals surface area contributed by atoms with Crippen LogP contribution in [0.1, 0.15) is 33.3 Å². The Balaban J connectivity index is 1.60. The van der Waals surface area contributed by atoms with E-state index in [0.29, 0.717) is 13.2 Å². The number of aliphatic hydroxyl groups excluding tert-OH is 1. The van der Waals surface area contributed by atoms with Crippen molar-refractivity contribution in [2.24, 2.45) is 0 Å². The van der Waals surface area contributed by atoms with Gasteiger partial charge in [-0.05, 0) is 80.3 Å². The molecular weight excluding hydrogens is 438 g/mol. The summed E-state index contributed by atoms with van der Waals surface area (Å²) in [4.78, 5) is 3.57. The minimum absolute atomic E-state index is 0.0544. The van der Waals surface area contributed by atoms with E-state index in [1.54, 1.807) is 11.9 Å². The fraction of sp³-hybridized carbons (Fsp3) is 0.500.